The summed E-state index contributed by atoms with van der Waals surface area (Å²) >= 11 is 0. The van der Waals surface area contributed by atoms with Crippen molar-refractivity contribution in [1.82, 2.24) is 15.5 Å². The van der Waals surface area contributed by atoms with E-state index in [2.05, 4.69) is 15.5 Å². The lowest BCUT2D eigenvalue weighted by atomic mass is 10.2. The molecule has 3 rings (SSSR count). The molecule has 2 N–H and O–H groups in total. The van der Waals surface area contributed by atoms with Gasteiger partial charge in [0.25, 0.3) is 5.91 Å². The molecular weight excluding hydrogens is 309 g/mol. The van der Waals surface area contributed by atoms with Gasteiger partial charge in [-0.1, -0.05) is 18.2 Å². The van der Waals surface area contributed by atoms with E-state index < -0.39 is 0 Å². The van der Waals surface area contributed by atoms with Crippen LogP contribution in [-0.2, 0) is 13.2 Å². The third-order valence-corrected chi connectivity index (χ3v) is 3.47. The number of carbonyl (C=O) groups excluding carboxylic acids is 1. The van der Waals surface area contributed by atoms with Gasteiger partial charge in [0, 0.05) is 17.3 Å². The SMILES string of the molecule is O=C(NCc1ccn[nH]1)c1ccc(OCc2ccccc2F)cc1. The van der Waals surface area contributed by atoms with E-state index in [4.69, 9.17) is 4.74 Å². The second-order valence-electron chi connectivity index (χ2n) is 5.17. The molecule has 0 aliphatic rings. The Morgan fingerprint density at radius 1 is 1.12 bits per heavy atom. The molecule has 122 valence electrons. The minimum atomic E-state index is -0.299. The summed E-state index contributed by atoms with van der Waals surface area (Å²) in [7, 11) is 0. The van der Waals surface area contributed by atoms with Crippen LogP contribution in [0.4, 0.5) is 4.39 Å². The van der Waals surface area contributed by atoms with Gasteiger partial charge < -0.3 is 10.1 Å². The van der Waals surface area contributed by atoms with Crippen molar-refractivity contribution < 1.29 is 13.9 Å². The Balaban J connectivity index is 1.55. The highest BCUT2D eigenvalue weighted by Crippen LogP contribution is 2.15. The first kappa shape index (κ1) is 15.7. The van der Waals surface area contributed by atoms with Crippen LogP contribution in [0.2, 0.25) is 0 Å². The van der Waals surface area contributed by atoms with Gasteiger partial charge in [-0.25, -0.2) is 4.39 Å². The van der Waals surface area contributed by atoms with Gasteiger partial charge in [0.05, 0.1) is 12.2 Å². The van der Waals surface area contributed by atoms with Crippen LogP contribution in [0.5, 0.6) is 5.75 Å². The summed E-state index contributed by atoms with van der Waals surface area (Å²) in [5.41, 5.74) is 1.83. The molecule has 3 aromatic rings. The van der Waals surface area contributed by atoms with Crippen molar-refractivity contribution in [2.24, 2.45) is 0 Å². The fourth-order valence-electron chi connectivity index (χ4n) is 2.14. The normalized spacial score (nSPS) is 10.4. The Hall–Kier alpha value is -3.15. The molecule has 0 saturated carbocycles. The van der Waals surface area contributed by atoms with E-state index in [-0.39, 0.29) is 18.3 Å². The van der Waals surface area contributed by atoms with E-state index in [1.165, 1.54) is 6.07 Å². The Morgan fingerprint density at radius 3 is 2.62 bits per heavy atom. The predicted octanol–water partition coefficient (Wildman–Crippen LogP) is 3.06. The second-order valence-corrected chi connectivity index (χ2v) is 5.17. The van der Waals surface area contributed by atoms with Gasteiger partial charge in [-0.15, -0.1) is 0 Å². The number of halogens is 1. The van der Waals surface area contributed by atoms with E-state index in [0.717, 1.165) is 5.69 Å². The highest BCUT2D eigenvalue weighted by atomic mass is 19.1. The molecule has 0 saturated heterocycles. The van der Waals surface area contributed by atoms with Crippen LogP contribution in [0.1, 0.15) is 21.6 Å². The highest BCUT2D eigenvalue weighted by molar-refractivity contribution is 5.94. The van der Waals surface area contributed by atoms with E-state index >= 15 is 0 Å². The van der Waals surface area contributed by atoms with Gasteiger partial charge in [-0.05, 0) is 36.4 Å². The third-order valence-electron chi connectivity index (χ3n) is 3.47. The lowest BCUT2D eigenvalue weighted by Gasteiger charge is -2.08. The third kappa shape index (κ3) is 3.98. The van der Waals surface area contributed by atoms with E-state index in [1.807, 2.05) is 0 Å². The number of hydrogen-bond donors (Lipinski definition) is 2. The van der Waals surface area contributed by atoms with Gasteiger partial charge in [0.1, 0.15) is 18.2 Å². The largest absolute Gasteiger partial charge is 0.489 e. The molecule has 1 amide bonds. The average Bonchev–Trinajstić information content (AvgIpc) is 3.13. The molecule has 1 aromatic heterocycles. The monoisotopic (exact) mass is 325 g/mol. The average molecular weight is 325 g/mol. The van der Waals surface area contributed by atoms with Gasteiger partial charge in [0.15, 0.2) is 0 Å². The number of H-pyrrole nitrogens is 1. The summed E-state index contributed by atoms with van der Waals surface area (Å²) in [6.45, 7) is 0.516. The molecule has 0 fully saturated rings. The molecule has 1 heterocycles. The van der Waals surface area contributed by atoms with Crippen LogP contribution in [0, 0.1) is 5.82 Å². The van der Waals surface area contributed by atoms with Gasteiger partial charge in [-0.2, -0.15) is 5.10 Å². The number of ether oxygens (including phenoxy) is 1. The zero-order chi connectivity index (χ0) is 16.8. The molecule has 0 spiro atoms. The Morgan fingerprint density at radius 2 is 1.92 bits per heavy atom. The lowest BCUT2D eigenvalue weighted by Crippen LogP contribution is -2.22. The van der Waals surface area contributed by atoms with Crippen molar-refractivity contribution in [3.63, 3.8) is 0 Å². The number of nitrogens with zero attached hydrogens (tertiary/aromatic N) is 1. The Kier molecular flexibility index (Phi) is 4.86. The molecule has 5 nitrogen and oxygen atoms in total. The number of nitrogens with one attached hydrogen (secondary N) is 2. The number of rotatable bonds is 6. The molecule has 0 bridgehead atoms. The molecule has 0 atom stereocenters. The summed E-state index contributed by atoms with van der Waals surface area (Å²) in [5.74, 6) is 0.0842. The zero-order valence-corrected chi connectivity index (χ0v) is 12.8. The fraction of sp³-hybridized carbons (Fsp3) is 0.111. The van der Waals surface area contributed by atoms with Gasteiger partial charge in [0.2, 0.25) is 0 Å². The Bertz CT molecular complexity index is 801. The van der Waals surface area contributed by atoms with Crippen molar-refractivity contribution in [2.75, 3.05) is 0 Å². The lowest BCUT2D eigenvalue weighted by molar-refractivity contribution is 0.0950. The van der Waals surface area contributed by atoms with Crippen LogP contribution in [0.3, 0.4) is 0 Å². The summed E-state index contributed by atoms with van der Waals surface area (Å²) in [6, 6.07) is 15.0. The summed E-state index contributed by atoms with van der Waals surface area (Å²) in [5, 5.41) is 9.38. The minimum absolute atomic E-state index is 0.137. The molecule has 0 unspecified atom stereocenters. The second kappa shape index (κ2) is 7.41. The highest BCUT2D eigenvalue weighted by Gasteiger charge is 2.07. The van der Waals surface area contributed by atoms with Crippen LogP contribution in [-0.4, -0.2) is 16.1 Å². The van der Waals surface area contributed by atoms with E-state index in [0.29, 0.717) is 23.4 Å². The number of benzene rings is 2. The molecule has 2 aromatic carbocycles. The molecule has 6 heteroatoms. The van der Waals surface area contributed by atoms with Crippen molar-refractivity contribution in [1.29, 1.82) is 0 Å². The summed E-state index contributed by atoms with van der Waals surface area (Å²) in [4.78, 5) is 12.0. The minimum Gasteiger partial charge on any atom is -0.489 e. The Labute approximate surface area is 138 Å². The molecular formula is C18H16FN3O2. The number of carbonyl (C=O) groups is 1. The smallest absolute Gasteiger partial charge is 0.251 e. The predicted molar refractivity (Wildman–Crippen MR) is 86.9 cm³/mol. The first-order valence-corrected chi connectivity index (χ1v) is 7.45. The van der Waals surface area contributed by atoms with Gasteiger partial charge >= 0.3 is 0 Å². The topological polar surface area (TPSA) is 67.0 Å². The fourth-order valence-corrected chi connectivity index (χ4v) is 2.14. The summed E-state index contributed by atoms with van der Waals surface area (Å²) in [6.07, 6.45) is 1.63. The number of aromatic amines is 1. The van der Waals surface area contributed by atoms with Gasteiger partial charge in [-0.3, -0.25) is 9.89 Å². The van der Waals surface area contributed by atoms with Crippen LogP contribution < -0.4 is 10.1 Å². The van der Waals surface area contributed by atoms with E-state index in [1.54, 1.807) is 54.7 Å². The van der Waals surface area contributed by atoms with Crippen LogP contribution in [0.15, 0.2) is 60.8 Å². The molecule has 0 aliphatic heterocycles. The maximum absolute atomic E-state index is 13.5. The number of aromatic nitrogens is 2. The maximum Gasteiger partial charge on any atom is 0.251 e. The maximum atomic E-state index is 13.5. The van der Waals surface area contributed by atoms with E-state index in [9.17, 15) is 9.18 Å². The molecule has 0 radical (unpaired) electrons. The standard InChI is InChI=1S/C18H16FN3O2/c19-17-4-2-1-3-14(17)12-24-16-7-5-13(6-8-16)18(23)20-11-15-9-10-21-22-15/h1-10H,11-12H2,(H,20,23)(H,21,22). The zero-order valence-electron chi connectivity index (χ0n) is 12.8. The quantitative estimate of drug-likeness (QED) is 0.732. The van der Waals surface area contributed by atoms with Crippen molar-refractivity contribution in [3.8, 4) is 5.75 Å². The van der Waals surface area contributed by atoms with Crippen molar-refractivity contribution >= 4 is 5.91 Å². The van der Waals surface area contributed by atoms with Crippen LogP contribution in [0.25, 0.3) is 0 Å². The first-order valence-electron chi connectivity index (χ1n) is 7.45. The molecule has 0 aliphatic carbocycles. The number of hydrogen-bond acceptors (Lipinski definition) is 3. The first-order chi connectivity index (χ1) is 11.7. The van der Waals surface area contributed by atoms with Crippen LogP contribution >= 0.6 is 0 Å². The summed E-state index contributed by atoms with van der Waals surface area (Å²) < 4.78 is 19.1. The van der Waals surface area contributed by atoms with Crippen molar-refractivity contribution in [2.45, 2.75) is 13.2 Å². The van der Waals surface area contributed by atoms with Crippen molar-refractivity contribution in [3.05, 3.63) is 83.4 Å². The molecule has 24 heavy (non-hydrogen) atoms. The number of amides is 1.